The van der Waals surface area contributed by atoms with Crippen LogP contribution in [-0.2, 0) is 0 Å². The van der Waals surface area contributed by atoms with Crippen LogP contribution in [0.2, 0.25) is 0 Å². The van der Waals surface area contributed by atoms with Crippen LogP contribution in [0.4, 0.5) is 5.69 Å². The van der Waals surface area contributed by atoms with Crippen molar-refractivity contribution >= 4 is 17.8 Å². The van der Waals surface area contributed by atoms with Crippen molar-refractivity contribution in [3.8, 4) is 5.75 Å². The molecule has 2 aromatic rings. The van der Waals surface area contributed by atoms with E-state index in [0.717, 1.165) is 11.3 Å². The molecule has 0 bridgehead atoms. The number of ether oxygens (including phenoxy) is 1. The predicted octanol–water partition coefficient (Wildman–Crippen LogP) is 2.37. The maximum absolute atomic E-state index is 11.8. The number of non-ortho nitro benzene ring substituents is 1. The van der Waals surface area contributed by atoms with Gasteiger partial charge in [0.05, 0.1) is 18.2 Å². The number of nitrogens with one attached hydrogen (secondary N) is 1. The number of nitro groups is 1. The maximum Gasteiger partial charge on any atom is 0.271 e. The number of hydrogen-bond donors (Lipinski definition) is 1. The molecule has 1 N–H and O–H groups in total. The van der Waals surface area contributed by atoms with E-state index in [9.17, 15) is 14.9 Å². The average molecular weight is 299 g/mol. The number of rotatable bonds is 5. The van der Waals surface area contributed by atoms with Crippen molar-refractivity contribution in [1.29, 1.82) is 0 Å². The number of carbonyl (C=O) groups is 1. The number of amides is 1. The zero-order valence-corrected chi connectivity index (χ0v) is 11.7. The lowest BCUT2D eigenvalue weighted by atomic mass is 10.2. The molecule has 7 heteroatoms. The van der Waals surface area contributed by atoms with E-state index < -0.39 is 10.8 Å². The summed E-state index contributed by atoms with van der Waals surface area (Å²) in [6, 6.07) is 12.5. The molecule has 0 saturated heterocycles. The Kier molecular flexibility index (Phi) is 4.81. The first-order valence-corrected chi connectivity index (χ1v) is 6.32. The minimum absolute atomic E-state index is 0.146. The molecule has 1 amide bonds. The highest BCUT2D eigenvalue weighted by atomic mass is 16.6. The Morgan fingerprint density at radius 3 is 2.64 bits per heavy atom. The first-order valence-electron chi connectivity index (χ1n) is 6.32. The summed E-state index contributed by atoms with van der Waals surface area (Å²) in [6.45, 7) is 0. The highest BCUT2D eigenvalue weighted by Crippen LogP contribution is 2.13. The third kappa shape index (κ3) is 3.89. The molecule has 22 heavy (non-hydrogen) atoms. The van der Waals surface area contributed by atoms with Crippen LogP contribution >= 0.6 is 0 Å². The topological polar surface area (TPSA) is 93.8 Å². The normalized spacial score (nSPS) is 10.4. The molecular formula is C15H13N3O4. The minimum Gasteiger partial charge on any atom is -0.497 e. The average Bonchev–Trinajstić information content (AvgIpc) is 2.55. The van der Waals surface area contributed by atoms with Gasteiger partial charge in [0, 0.05) is 17.7 Å². The Morgan fingerprint density at radius 1 is 1.27 bits per heavy atom. The number of nitro benzene ring substituents is 1. The second kappa shape index (κ2) is 6.98. The van der Waals surface area contributed by atoms with Gasteiger partial charge in [0.15, 0.2) is 0 Å². The zero-order valence-electron chi connectivity index (χ0n) is 11.7. The molecule has 0 aromatic heterocycles. The second-order valence-corrected chi connectivity index (χ2v) is 4.28. The molecule has 0 unspecified atom stereocenters. The Labute approximate surface area is 126 Å². The second-order valence-electron chi connectivity index (χ2n) is 4.28. The fourth-order valence-electron chi connectivity index (χ4n) is 1.68. The summed E-state index contributed by atoms with van der Waals surface area (Å²) >= 11 is 0. The van der Waals surface area contributed by atoms with Gasteiger partial charge in [-0.05, 0) is 35.9 Å². The van der Waals surface area contributed by atoms with Crippen LogP contribution in [0.25, 0.3) is 0 Å². The fraction of sp³-hybridized carbons (Fsp3) is 0.0667. The Morgan fingerprint density at radius 2 is 2.00 bits per heavy atom. The lowest BCUT2D eigenvalue weighted by Crippen LogP contribution is -2.17. The summed E-state index contributed by atoms with van der Waals surface area (Å²) in [4.78, 5) is 21.9. The summed E-state index contributed by atoms with van der Waals surface area (Å²) in [5.74, 6) is 0.200. The summed E-state index contributed by atoms with van der Waals surface area (Å²) in [5.41, 5.74) is 3.12. The smallest absolute Gasteiger partial charge is 0.271 e. The molecule has 7 nitrogen and oxygen atoms in total. The van der Waals surface area contributed by atoms with Gasteiger partial charge in [0.1, 0.15) is 5.75 Å². The maximum atomic E-state index is 11.8. The molecule has 0 saturated carbocycles. The highest BCUT2D eigenvalue weighted by molar-refractivity contribution is 5.95. The molecule has 0 radical (unpaired) electrons. The molecule has 0 aliphatic carbocycles. The van der Waals surface area contributed by atoms with Crippen molar-refractivity contribution in [2.75, 3.05) is 7.11 Å². The van der Waals surface area contributed by atoms with Gasteiger partial charge in [-0.2, -0.15) is 5.10 Å². The summed E-state index contributed by atoms with van der Waals surface area (Å²) < 4.78 is 5.03. The lowest BCUT2D eigenvalue weighted by molar-refractivity contribution is -0.384. The molecule has 112 valence electrons. The van der Waals surface area contributed by atoms with E-state index in [4.69, 9.17) is 4.74 Å². The number of hydrazone groups is 1. The van der Waals surface area contributed by atoms with Crippen LogP contribution in [0.3, 0.4) is 0 Å². The van der Waals surface area contributed by atoms with Gasteiger partial charge < -0.3 is 4.74 Å². The molecule has 0 spiro atoms. The molecular weight excluding hydrogens is 286 g/mol. The van der Waals surface area contributed by atoms with E-state index in [1.807, 2.05) is 0 Å². The van der Waals surface area contributed by atoms with Crippen LogP contribution in [0.5, 0.6) is 5.75 Å². The zero-order chi connectivity index (χ0) is 15.9. The number of benzene rings is 2. The van der Waals surface area contributed by atoms with Crippen molar-refractivity contribution in [2.45, 2.75) is 0 Å². The van der Waals surface area contributed by atoms with Gasteiger partial charge >= 0.3 is 0 Å². The van der Waals surface area contributed by atoms with Crippen LogP contribution in [0.15, 0.2) is 53.6 Å². The van der Waals surface area contributed by atoms with Gasteiger partial charge in [-0.25, -0.2) is 5.43 Å². The molecule has 0 fully saturated rings. The fourth-order valence-corrected chi connectivity index (χ4v) is 1.68. The van der Waals surface area contributed by atoms with Gasteiger partial charge in [-0.15, -0.1) is 0 Å². The van der Waals surface area contributed by atoms with E-state index in [1.54, 1.807) is 31.4 Å². The van der Waals surface area contributed by atoms with Gasteiger partial charge in [0.2, 0.25) is 0 Å². The highest BCUT2D eigenvalue weighted by Gasteiger charge is 2.10. The van der Waals surface area contributed by atoms with Crippen LogP contribution in [0.1, 0.15) is 15.9 Å². The van der Waals surface area contributed by atoms with Crippen molar-refractivity contribution in [2.24, 2.45) is 5.10 Å². The van der Waals surface area contributed by atoms with E-state index in [0.29, 0.717) is 0 Å². The van der Waals surface area contributed by atoms with Crippen molar-refractivity contribution in [1.82, 2.24) is 5.43 Å². The summed E-state index contributed by atoms with van der Waals surface area (Å²) in [6.07, 6.45) is 1.47. The minimum atomic E-state index is -0.558. The van der Waals surface area contributed by atoms with Gasteiger partial charge in [-0.1, -0.05) is 6.07 Å². The molecule has 0 heterocycles. The van der Waals surface area contributed by atoms with Crippen molar-refractivity contribution < 1.29 is 14.5 Å². The summed E-state index contributed by atoms with van der Waals surface area (Å²) in [7, 11) is 1.57. The van der Waals surface area contributed by atoms with E-state index in [1.165, 1.54) is 30.5 Å². The predicted molar refractivity (Wildman–Crippen MR) is 81.2 cm³/mol. The van der Waals surface area contributed by atoms with Crippen LogP contribution in [-0.4, -0.2) is 24.2 Å². The Balaban J connectivity index is 2.01. The molecule has 0 aliphatic rings. The van der Waals surface area contributed by atoms with Crippen molar-refractivity contribution in [3.63, 3.8) is 0 Å². The Bertz CT molecular complexity index is 711. The Hall–Kier alpha value is -3.22. The largest absolute Gasteiger partial charge is 0.497 e. The standard InChI is InChI=1S/C15H13N3O4/c1-22-14-7-5-11(6-8-14)10-16-17-15(19)12-3-2-4-13(9-12)18(20)21/h2-10H,1H3,(H,17,19)/b16-10+. The van der Waals surface area contributed by atoms with Crippen molar-refractivity contribution in [3.05, 3.63) is 69.8 Å². The quantitative estimate of drug-likeness (QED) is 0.521. The molecule has 2 aromatic carbocycles. The first-order chi connectivity index (χ1) is 10.6. The molecule has 0 aliphatic heterocycles. The van der Waals surface area contributed by atoms with Crippen LogP contribution < -0.4 is 10.2 Å². The van der Waals surface area contributed by atoms with E-state index in [-0.39, 0.29) is 11.3 Å². The lowest BCUT2D eigenvalue weighted by Gasteiger charge is -2.00. The van der Waals surface area contributed by atoms with E-state index in [2.05, 4.69) is 10.5 Å². The number of nitrogens with zero attached hydrogens (tertiary/aromatic N) is 2. The number of carbonyl (C=O) groups excluding carboxylic acids is 1. The molecule has 2 rings (SSSR count). The summed E-state index contributed by atoms with van der Waals surface area (Å²) in [5, 5.41) is 14.5. The SMILES string of the molecule is COc1ccc(/C=N/NC(=O)c2cccc([N+](=O)[O-])c2)cc1. The number of methoxy groups -OCH3 is 1. The third-order valence-corrected chi connectivity index (χ3v) is 2.81. The molecule has 0 atom stereocenters. The monoisotopic (exact) mass is 299 g/mol. The van der Waals surface area contributed by atoms with E-state index >= 15 is 0 Å². The van der Waals surface area contributed by atoms with Gasteiger partial charge in [0.25, 0.3) is 11.6 Å². The van der Waals surface area contributed by atoms with Crippen LogP contribution in [0, 0.1) is 10.1 Å². The van der Waals surface area contributed by atoms with Gasteiger partial charge in [-0.3, -0.25) is 14.9 Å². The first kappa shape index (κ1) is 15.2. The third-order valence-electron chi connectivity index (χ3n) is 2.81. The number of hydrogen-bond acceptors (Lipinski definition) is 5.